The van der Waals surface area contributed by atoms with Crippen LogP contribution in [0.15, 0.2) is 72.8 Å². The maximum absolute atomic E-state index is 13.8. The van der Waals surface area contributed by atoms with Gasteiger partial charge in [0, 0.05) is 42.1 Å². The monoisotopic (exact) mass is 588 g/mol. The van der Waals surface area contributed by atoms with Gasteiger partial charge in [-0.3, -0.25) is 19.2 Å². The molecule has 1 heterocycles. The molecule has 1 aliphatic heterocycles. The van der Waals surface area contributed by atoms with E-state index in [1.54, 1.807) is 36.4 Å². The quantitative estimate of drug-likeness (QED) is 0.207. The third-order valence-electron chi connectivity index (χ3n) is 7.55. The Bertz CT molecular complexity index is 1430. The van der Waals surface area contributed by atoms with Gasteiger partial charge in [0.25, 0.3) is 0 Å². The SMILES string of the molecule is Cc1ccc(NC(=O)[C@H](CCCCN)NC(=O)[C@@H]2Cc3ccccc3CN2C(=O)CCC(=O)c2ccccc2)cc1Cl. The Morgan fingerprint density at radius 3 is 2.38 bits per heavy atom. The lowest BCUT2D eigenvalue weighted by molar-refractivity contribution is -0.142. The normalized spacial score (nSPS) is 14.9. The summed E-state index contributed by atoms with van der Waals surface area (Å²) in [6.07, 6.45) is 2.06. The van der Waals surface area contributed by atoms with Gasteiger partial charge in [-0.1, -0.05) is 72.3 Å². The largest absolute Gasteiger partial charge is 0.342 e. The lowest BCUT2D eigenvalue weighted by Crippen LogP contribution is -2.56. The fourth-order valence-corrected chi connectivity index (χ4v) is 5.26. The zero-order chi connectivity index (χ0) is 30.1. The van der Waals surface area contributed by atoms with Crippen molar-refractivity contribution in [3.05, 3.63) is 100 Å². The Balaban J connectivity index is 1.50. The minimum Gasteiger partial charge on any atom is -0.342 e. The van der Waals surface area contributed by atoms with E-state index in [1.807, 2.05) is 43.3 Å². The van der Waals surface area contributed by atoms with Crippen LogP contribution in [0.1, 0.15) is 59.2 Å². The van der Waals surface area contributed by atoms with E-state index >= 15 is 0 Å². The van der Waals surface area contributed by atoms with Gasteiger partial charge in [0.1, 0.15) is 12.1 Å². The summed E-state index contributed by atoms with van der Waals surface area (Å²) in [6.45, 7) is 2.59. The maximum atomic E-state index is 13.8. The molecule has 8 nitrogen and oxygen atoms in total. The Hall–Kier alpha value is -4.01. The number of fused-ring (bicyclic) bond motifs is 1. The van der Waals surface area contributed by atoms with E-state index in [1.165, 1.54) is 4.90 Å². The molecular formula is C33H37ClN4O4. The molecule has 0 aliphatic carbocycles. The number of hydrogen-bond acceptors (Lipinski definition) is 5. The highest BCUT2D eigenvalue weighted by Gasteiger charge is 2.36. The molecule has 0 saturated carbocycles. The molecular weight excluding hydrogens is 552 g/mol. The maximum Gasteiger partial charge on any atom is 0.246 e. The molecule has 0 spiro atoms. The molecule has 3 aromatic carbocycles. The number of unbranched alkanes of at least 4 members (excludes halogenated alkanes) is 1. The highest BCUT2D eigenvalue weighted by Crippen LogP contribution is 2.25. The summed E-state index contributed by atoms with van der Waals surface area (Å²) in [4.78, 5) is 54.8. The van der Waals surface area contributed by atoms with Crippen molar-refractivity contribution in [2.45, 2.75) is 64.1 Å². The highest BCUT2D eigenvalue weighted by atomic mass is 35.5. The number of nitrogens with two attached hydrogens (primary N) is 1. The molecule has 0 saturated heterocycles. The molecule has 0 bridgehead atoms. The number of benzene rings is 3. The van der Waals surface area contributed by atoms with Crippen molar-refractivity contribution >= 4 is 40.8 Å². The van der Waals surface area contributed by atoms with Crippen molar-refractivity contribution in [3.63, 3.8) is 0 Å². The first-order valence-electron chi connectivity index (χ1n) is 14.3. The second-order valence-electron chi connectivity index (χ2n) is 10.6. The third kappa shape index (κ3) is 8.05. The van der Waals surface area contributed by atoms with Gasteiger partial charge in [0.2, 0.25) is 17.7 Å². The standard InChI is InChI=1S/C33H37ClN4O4/c1-22-14-15-26(20-27(22)34)36-32(41)28(13-7-8-18-35)37-33(42)29-19-24-11-5-6-12-25(24)21-38(29)31(40)17-16-30(39)23-9-3-2-4-10-23/h2-6,9-12,14-15,20,28-29H,7-8,13,16-19,21,35H2,1H3,(H,36,41)(H,37,42)/t28-,29-/m0/s1. The van der Waals surface area contributed by atoms with Crippen molar-refractivity contribution < 1.29 is 19.2 Å². The van der Waals surface area contributed by atoms with Crippen LogP contribution in [0.5, 0.6) is 0 Å². The summed E-state index contributed by atoms with van der Waals surface area (Å²) in [5, 5.41) is 6.29. The minimum atomic E-state index is -0.835. The van der Waals surface area contributed by atoms with Crippen LogP contribution in [0, 0.1) is 6.92 Å². The number of aryl methyl sites for hydroxylation is 1. The molecule has 0 unspecified atom stereocenters. The molecule has 0 aromatic heterocycles. The van der Waals surface area contributed by atoms with Crippen LogP contribution < -0.4 is 16.4 Å². The number of ketones is 1. The first-order chi connectivity index (χ1) is 20.3. The lowest BCUT2D eigenvalue weighted by Gasteiger charge is -2.37. The van der Waals surface area contributed by atoms with Crippen LogP contribution in [0.2, 0.25) is 5.02 Å². The zero-order valence-electron chi connectivity index (χ0n) is 23.8. The first-order valence-corrected chi connectivity index (χ1v) is 14.7. The number of carbonyl (C=O) groups excluding carboxylic acids is 4. The van der Waals surface area contributed by atoms with E-state index in [2.05, 4.69) is 10.6 Å². The number of Topliss-reactive ketones (excluding diaryl/α,β-unsaturated/α-hetero) is 1. The molecule has 0 fully saturated rings. The molecule has 1 aliphatic rings. The molecule has 3 amide bonds. The van der Waals surface area contributed by atoms with Crippen molar-refractivity contribution in [3.8, 4) is 0 Å². The van der Waals surface area contributed by atoms with Crippen LogP contribution in [0.3, 0.4) is 0 Å². The minimum absolute atomic E-state index is 0.0196. The van der Waals surface area contributed by atoms with E-state index in [4.69, 9.17) is 17.3 Å². The van der Waals surface area contributed by atoms with Gasteiger partial charge in [-0.15, -0.1) is 0 Å². The van der Waals surface area contributed by atoms with Crippen LogP contribution in [0.4, 0.5) is 5.69 Å². The molecule has 4 rings (SSSR count). The van der Waals surface area contributed by atoms with E-state index in [-0.39, 0.29) is 37.0 Å². The topological polar surface area (TPSA) is 122 Å². The van der Waals surface area contributed by atoms with E-state index in [0.717, 1.165) is 16.7 Å². The van der Waals surface area contributed by atoms with Crippen molar-refractivity contribution in [2.24, 2.45) is 5.73 Å². The van der Waals surface area contributed by atoms with Crippen molar-refractivity contribution in [1.29, 1.82) is 0 Å². The van der Waals surface area contributed by atoms with E-state index in [9.17, 15) is 19.2 Å². The third-order valence-corrected chi connectivity index (χ3v) is 7.96. The highest BCUT2D eigenvalue weighted by molar-refractivity contribution is 6.31. The van der Waals surface area contributed by atoms with Crippen LogP contribution >= 0.6 is 11.6 Å². The molecule has 9 heteroatoms. The van der Waals surface area contributed by atoms with Gasteiger partial charge in [0.15, 0.2) is 5.78 Å². The molecule has 220 valence electrons. The summed E-state index contributed by atoms with van der Waals surface area (Å²) in [5.41, 5.74) is 9.56. The number of amides is 3. The second-order valence-corrected chi connectivity index (χ2v) is 11.0. The smallest absolute Gasteiger partial charge is 0.246 e. The zero-order valence-corrected chi connectivity index (χ0v) is 24.5. The van der Waals surface area contributed by atoms with Crippen LogP contribution in [0.25, 0.3) is 0 Å². The van der Waals surface area contributed by atoms with Gasteiger partial charge in [0.05, 0.1) is 0 Å². The van der Waals surface area contributed by atoms with E-state index < -0.39 is 18.0 Å². The fraction of sp³-hybridized carbons (Fsp3) is 0.333. The van der Waals surface area contributed by atoms with E-state index in [0.29, 0.717) is 48.5 Å². The van der Waals surface area contributed by atoms with Gasteiger partial charge in [-0.2, -0.15) is 0 Å². The molecule has 3 aromatic rings. The predicted molar refractivity (Wildman–Crippen MR) is 164 cm³/mol. The number of nitrogens with zero attached hydrogens (tertiary/aromatic N) is 1. The Morgan fingerprint density at radius 2 is 1.67 bits per heavy atom. The molecule has 2 atom stereocenters. The fourth-order valence-electron chi connectivity index (χ4n) is 5.08. The average molecular weight is 589 g/mol. The molecule has 4 N–H and O–H groups in total. The summed E-state index contributed by atoms with van der Waals surface area (Å²) in [5.74, 6) is -1.20. The summed E-state index contributed by atoms with van der Waals surface area (Å²) in [6, 6.07) is 20.1. The summed E-state index contributed by atoms with van der Waals surface area (Å²) < 4.78 is 0. The van der Waals surface area contributed by atoms with Crippen molar-refractivity contribution in [2.75, 3.05) is 11.9 Å². The number of carbonyl (C=O) groups is 4. The predicted octanol–water partition coefficient (Wildman–Crippen LogP) is 4.82. The second kappa shape index (κ2) is 14.8. The van der Waals surface area contributed by atoms with Gasteiger partial charge in [-0.05, 0) is 61.6 Å². The Morgan fingerprint density at radius 1 is 0.952 bits per heavy atom. The van der Waals surface area contributed by atoms with Gasteiger partial charge >= 0.3 is 0 Å². The molecule has 42 heavy (non-hydrogen) atoms. The molecule has 0 radical (unpaired) electrons. The number of anilines is 1. The number of halogens is 1. The van der Waals surface area contributed by atoms with Gasteiger partial charge in [-0.25, -0.2) is 0 Å². The average Bonchev–Trinajstić information content (AvgIpc) is 3.00. The summed E-state index contributed by atoms with van der Waals surface area (Å²) in [7, 11) is 0. The number of hydrogen-bond donors (Lipinski definition) is 3. The Labute approximate surface area is 251 Å². The Kier molecular flexibility index (Phi) is 10.9. The lowest BCUT2D eigenvalue weighted by atomic mass is 9.92. The van der Waals surface area contributed by atoms with Crippen molar-refractivity contribution in [1.82, 2.24) is 10.2 Å². The van der Waals surface area contributed by atoms with Crippen LogP contribution in [-0.2, 0) is 27.3 Å². The van der Waals surface area contributed by atoms with Gasteiger partial charge < -0.3 is 21.3 Å². The number of rotatable bonds is 12. The summed E-state index contributed by atoms with van der Waals surface area (Å²) >= 11 is 6.24. The number of nitrogens with one attached hydrogen (secondary N) is 2. The van der Waals surface area contributed by atoms with Crippen LogP contribution in [-0.4, -0.2) is 47.0 Å². The first kappa shape index (κ1) is 30.9.